The first kappa shape index (κ1) is 30.0. The van der Waals surface area contributed by atoms with Gasteiger partial charge in [-0.3, -0.25) is 0 Å². The minimum Gasteiger partial charge on any atom is -0.452 e. The van der Waals surface area contributed by atoms with Crippen LogP contribution in [-0.4, -0.2) is 0 Å². The van der Waals surface area contributed by atoms with Crippen molar-refractivity contribution < 1.29 is 14.2 Å². The van der Waals surface area contributed by atoms with E-state index in [0.29, 0.717) is 77.5 Å². The minimum atomic E-state index is 0.361. The Morgan fingerprint density at radius 1 is 0.462 bits per heavy atom. The van der Waals surface area contributed by atoms with Crippen molar-refractivity contribution in [3.63, 3.8) is 0 Å². The molecule has 0 aliphatic rings. The molecular weight excluding hydrogens is 621 g/mol. The molecule has 39 heavy (non-hydrogen) atoms. The van der Waals surface area contributed by atoms with E-state index in [1.807, 2.05) is 12.1 Å². The van der Waals surface area contributed by atoms with Gasteiger partial charge >= 0.3 is 0 Å². The Bertz CT molecular complexity index is 1380. The lowest BCUT2D eigenvalue weighted by atomic mass is 10.1. The van der Waals surface area contributed by atoms with E-state index >= 15 is 0 Å². The van der Waals surface area contributed by atoms with E-state index in [1.165, 1.54) is 0 Å². The molecule has 0 bridgehead atoms. The fourth-order valence-corrected chi connectivity index (χ4v) is 5.35. The molecule has 4 rings (SSSR count). The normalized spacial score (nSPS) is 11.0. The number of hydrogen-bond acceptors (Lipinski definition) is 3. The molecule has 0 aliphatic carbocycles. The molecular formula is C30H24Cl6O3. The lowest BCUT2D eigenvalue weighted by Gasteiger charge is -2.20. The molecule has 4 aromatic carbocycles. The first-order valence-electron chi connectivity index (χ1n) is 12.3. The third kappa shape index (κ3) is 7.61. The number of hydrogen-bond donors (Lipinski definition) is 0. The van der Waals surface area contributed by atoms with Crippen molar-refractivity contribution in [2.24, 2.45) is 0 Å². The second kappa shape index (κ2) is 13.6. The summed E-state index contributed by atoms with van der Waals surface area (Å²) in [5.74, 6) is 2.53. The monoisotopic (exact) mass is 642 g/mol. The van der Waals surface area contributed by atoms with Crippen LogP contribution in [0.15, 0.2) is 60.7 Å². The van der Waals surface area contributed by atoms with Crippen molar-refractivity contribution in [2.75, 3.05) is 0 Å². The van der Waals surface area contributed by atoms with Gasteiger partial charge in [0.25, 0.3) is 0 Å². The summed E-state index contributed by atoms with van der Waals surface area (Å²) in [4.78, 5) is 0. The van der Waals surface area contributed by atoms with E-state index < -0.39 is 0 Å². The van der Waals surface area contributed by atoms with Crippen LogP contribution in [-0.2, 0) is 12.8 Å². The van der Waals surface area contributed by atoms with Crippen molar-refractivity contribution in [1.82, 2.24) is 0 Å². The molecule has 0 unspecified atom stereocenters. The fraction of sp³-hybridized carbons (Fsp3) is 0.200. The lowest BCUT2D eigenvalue weighted by Crippen LogP contribution is -2.00. The highest BCUT2D eigenvalue weighted by atomic mass is 35.5. The van der Waals surface area contributed by atoms with Gasteiger partial charge in [-0.25, -0.2) is 0 Å². The van der Waals surface area contributed by atoms with Crippen molar-refractivity contribution in [3.8, 4) is 34.5 Å². The Labute approximate surface area is 258 Å². The Morgan fingerprint density at radius 2 is 0.872 bits per heavy atom. The van der Waals surface area contributed by atoms with Crippen LogP contribution in [0.25, 0.3) is 0 Å². The van der Waals surface area contributed by atoms with Gasteiger partial charge in [0.1, 0.15) is 11.5 Å². The maximum atomic E-state index is 6.53. The van der Waals surface area contributed by atoms with Gasteiger partial charge in [-0.05, 0) is 61.4 Å². The predicted octanol–water partition coefficient (Wildman–Crippen LogP) is 12.9. The smallest absolute Gasteiger partial charge is 0.173 e. The van der Waals surface area contributed by atoms with Gasteiger partial charge in [0.15, 0.2) is 23.0 Å². The van der Waals surface area contributed by atoms with Gasteiger partial charge in [0.2, 0.25) is 0 Å². The molecule has 9 heteroatoms. The van der Waals surface area contributed by atoms with Crippen molar-refractivity contribution in [3.05, 3.63) is 102 Å². The van der Waals surface area contributed by atoms with E-state index in [0.717, 1.165) is 24.0 Å². The molecule has 0 aliphatic heterocycles. The fourth-order valence-electron chi connectivity index (χ4n) is 3.99. The van der Waals surface area contributed by atoms with E-state index in [-0.39, 0.29) is 0 Å². The average molecular weight is 645 g/mol. The molecule has 0 amide bonds. The quantitative estimate of drug-likeness (QED) is 0.172. The van der Waals surface area contributed by atoms with Gasteiger partial charge in [0, 0.05) is 43.4 Å². The topological polar surface area (TPSA) is 27.7 Å². The van der Waals surface area contributed by atoms with Crippen molar-refractivity contribution >= 4 is 69.6 Å². The van der Waals surface area contributed by atoms with Gasteiger partial charge in [-0.15, -0.1) is 0 Å². The van der Waals surface area contributed by atoms with Crippen LogP contribution in [0.3, 0.4) is 0 Å². The Morgan fingerprint density at radius 3 is 1.23 bits per heavy atom. The van der Waals surface area contributed by atoms with Crippen LogP contribution in [0.1, 0.15) is 37.8 Å². The molecule has 0 N–H and O–H groups in total. The minimum absolute atomic E-state index is 0.361. The average Bonchev–Trinajstić information content (AvgIpc) is 2.86. The summed E-state index contributed by atoms with van der Waals surface area (Å²) in [5.41, 5.74) is 1.70. The Balaban J connectivity index is 1.84. The molecule has 0 atom stereocenters. The number of rotatable bonds is 10. The number of ether oxygens (including phenoxy) is 3. The summed E-state index contributed by atoms with van der Waals surface area (Å²) in [6, 6.07) is 17.1. The van der Waals surface area contributed by atoms with Gasteiger partial charge in [0.05, 0.1) is 10.0 Å². The van der Waals surface area contributed by atoms with Crippen LogP contribution in [0, 0.1) is 0 Å². The summed E-state index contributed by atoms with van der Waals surface area (Å²) in [7, 11) is 0. The van der Waals surface area contributed by atoms with Crippen LogP contribution in [0.5, 0.6) is 34.5 Å². The molecule has 4 aromatic rings. The van der Waals surface area contributed by atoms with Crippen LogP contribution >= 0.6 is 69.6 Å². The Hall–Kier alpha value is -1.98. The summed E-state index contributed by atoms with van der Waals surface area (Å²) >= 11 is 38.1. The molecule has 0 saturated heterocycles. The van der Waals surface area contributed by atoms with Crippen LogP contribution < -0.4 is 14.2 Å². The zero-order chi connectivity index (χ0) is 28.1. The van der Waals surface area contributed by atoms with E-state index in [4.69, 9.17) is 83.8 Å². The van der Waals surface area contributed by atoms with Gasteiger partial charge < -0.3 is 14.2 Å². The SMILES string of the molecule is CCCc1cc(Cl)cc(Oc2cc(Cl)cc(CCC)c2Oc2ccc(Cl)cc2Cl)c1Oc1ccc(Cl)cc1Cl. The zero-order valence-electron chi connectivity index (χ0n) is 21.1. The maximum absolute atomic E-state index is 6.53. The van der Waals surface area contributed by atoms with Crippen molar-refractivity contribution in [2.45, 2.75) is 39.5 Å². The van der Waals surface area contributed by atoms with Gasteiger partial charge in [-0.1, -0.05) is 96.3 Å². The highest BCUT2D eigenvalue weighted by molar-refractivity contribution is 6.36. The molecule has 0 heterocycles. The molecule has 0 aromatic heterocycles. The highest BCUT2D eigenvalue weighted by Crippen LogP contribution is 2.47. The van der Waals surface area contributed by atoms with Crippen LogP contribution in [0.4, 0.5) is 0 Å². The predicted molar refractivity (Wildman–Crippen MR) is 164 cm³/mol. The highest BCUT2D eigenvalue weighted by Gasteiger charge is 2.21. The summed E-state index contributed by atoms with van der Waals surface area (Å²) in [6.45, 7) is 4.13. The zero-order valence-corrected chi connectivity index (χ0v) is 25.6. The first-order valence-corrected chi connectivity index (χ1v) is 14.5. The maximum Gasteiger partial charge on any atom is 0.173 e. The van der Waals surface area contributed by atoms with Crippen molar-refractivity contribution in [1.29, 1.82) is 0 Å². The number of aryl methyl sites for hydroxylation is 2. The molecule has 204 valence electrons. The summed E-state index contributed by atoms with van der Waals surface area (Å²) in [5, 5.41) is 2.70. The number of halogens is 6. The summed E-state index contributed by atoms with van der Waals surface area (Å²) < 4.78 is 19.1. The van der Waals surface area contributed by atoms with Crippen LogP contribution in [0.2, 0.25) is 30.1 Å². The van der Waals surface area contributed by atoms with E-state index in [9.17, 15) is 0 Å². The molecule has 0 radical (unpaired) electrons. The summed E-state index contributed by atoms with van der Waals surface area (Å²) in [6.07, 6.45) is 3.09. The molecule has 0 spiro atoms. The third-order valence-electron chi connectivity index (χ3n) is 5.66. The first-order chi connectivity index (χ1) is 18.7. The number of benzene rings is 4. The largest absolute Gasteiger partial charge is 0.452 e. The second-order valence-electron chi connectivity index (χ2n) is 8.74. The second-order valence-corrected chi connectivity index (χ2v) is 11.3. The molecule has 0 fully saturated rings. The van der Waals surface area contributed by atoms with E-state index in [1.54, 1.807) is 48.5 Å². The van der Waals surface area contributed by atoms with E-state index in [2.05, 4.69) is 13.8 Å². The standard InChI is InChI=1S/C30H24Cl6O3/c1-3-5-17-11-21(33)15-27(29(17)38-25-9-7-19(31)13-23(25)35)37-28-16-22(34)12-18(6-4-2)30(28)39-26-10-8-20(32)14-24(26)36/h7-16H,3-6H2,1-2H3. The lowest BCUT2D eigenvalue weighted by molar-refractivity contribution is 0.389. The molecule has 0 saturated carbocycles. The van der Waals surface area contributed by atoms with Gasteiger partial charge in [-0.2, -0.15) is 0 Å². The third-order valence-corrected chi connectivity index (χ3v) is 7.16. The molecule has 3 nitrogen and oxygen atoms in total. The Kier molecular flexibility index (Phi) is 10.4.